The number of methoxy groups -OCH3 is 1. The highest BCUT2D eigenvalue weighted by atomic mass is 79.9. The molecule has 0 saturated carbocycles. The average Bonchev–Trinajstić information content (AvgIpc) is 2.47. The van der Waals surface area contributed by atoms with Gasteiger partial charge in [-0.25, -0.2) is 9.97 Å². The first-order valence-electron chi connectivity index (χ1n) is 6.57. The van der Waals surface area contributed by atoms with Crippen molar-refractivity contribution in [3.05, 3.63) is 32.8 Å². The highest BCUT2D eigenvalue weighted by molar-refractivity contribution is 9.11. The lowest BCUT2D eigenvalue weighted by molar-refractivity contribution is 0.397. The van der Waals surface area contributed by atoms with Gasteiger partial charge in [-0.2, -0.15) is 0 Å². The standard InChI is InChI=1S/C15H17Br2N3O/c1-8(2)12-6-5-9(15(19-12)21-4)13-10(16)7-11(17)14(18-3)20-13/h5-8H,1-4H3,(H,18,20). The minimum absolute atomic E-state index is 0.349. The van der Waals surface area contributed by atoms with Crippen molar-refractivity contribution in [3.8, 4) is 17.1 Å². The van der Waals surface area contributed by atoms with E-state index in [0.717, 1.165) is 31.7 Å². The monoisotopic (exact) mass is 413 g/mol. The van der Waals surface area contributed by atoms with Crippen LogP contribution in [0.3, 0.4) is 0 Å². The Morgan fingerprint density at radius 2 is 1.86 bits per heavy atom. The fraction of sp³-hybridized carbons (Fsp3) is 0.333. The van der Waals surface area contributed by atoms with Crippen LogP contribution < -0.4 is 10.1 Å². The highest BCUT2D eigenvalue weighted by Gasteiger charge is 2.16. The van der Waals surface area contributed by atoms with Crippen LogP contribution in [0, 0.1) is 0 Å². The Morgan fingerprint density at radius 1 is 1.14 bits per heavy atom. The number of ether oxygens (including phenoxy) is 1. The molecule has 2 rings (SSSR count). The van der Waals surface area contributed by atoms with Gasteiger partial charge in [0.1, 0.15) is 5.82 Å². The predicted octanol–water partition coefficient (Wildman–Crippen LogP) is 4.84. The Kier molecular flexibility index (Phi) is 5.22. The summed E-state index contributed by atoms with van der Waals surface area (Å²) in [6.07, 6.45) is 0. The highest BCUT2D eigenvalue weighted by Crippen LogP contribution is 2.36. The van der Waals surface area contributed by atoms with Crippen LogP contribution >= 0.6 is 31.9 Å². The molecule has 21 heavy (non-hydrogen) atoms. The molecule has 0 unspecified atom stereocenters. The average molecular weight is 415 g/mol. The first-order valence-corrected chi connectivity index (χ1v) is 8.15. The number of hydrogen-bond donors (Lipinski definition) is 1. The summed E-state index contributed by atoms with van der Waals surface area (Å²) >= 11 is 7.03. The molecule has 2 aromatic heterocycles. The summed E-state index contributed by atoms with van der Waals surface area (Å²) in [7, 11) is 3.46. The predicted molar refractivity (Wildman–Crippen MR) is 93.1 cm³/mol. The molecule has 0 saturated heterocycles. The maximum atomic E-state index is 5.45. The molecule has 0 aliphatic carbocycles. The lowest BCUT2D eigenvalue weighted by Gasteiger charge is -2.13. The van der Waals surface area contributed by atoms with E-state index >= 15 is 0 Å². The van der Waals surface area contributed by atoms with Gasteiger partial charge in [0.25, 0.3) is 0 Å². The molecule has 2 heterocycles. The maximum absolute atomic E-state index is 5.45. The van der Waals surface area contributed by atoms with Crippen molar-refractivity contribution in [2.45, 2.75) is 19.8 Å². The molecule has 0 amide bonds. The number of aromatic nitrogens is 2. The molecule has 0 fully saturated rings. The van der Waals surface area contributed by atoms with Crippen molar-refractivity contribution in [2.75, 3.05) is 19.5 Å². The van der Waals surface area contributed by atoms with Crippen LogP contribution in [0.25, 0.3) is 11.3 Å². The van der Waals surface area contributed by atoms with Crippen LogP contribution in [0.2, 0.25) is 0 Å². The van der Waals surface area contributed by atoms with Gasteiger partial charge in [0.05, 0.1) is 22.8 Å². The normalized spacial score (nSPS) is 10.8. The minimum Gasteiger partial charge on any atom is -0.480 e. The first-order chi connectivity index (χ1) is 9.97. The molecular weight excluding hydrogens is 398 g/mol. The van der Waals surface area contributed by atoms with E-state index in [2.05, 4.69) is 61.0 Å². The van der Waals surface area contributed by atoms with E-state index in [9.17, 15) is 0 Å². The summed E-state index contributed by atoms with van der Waals surface area (Å²) in [6, 6.07) is 5.98. The van der Waals surface area contributed by atoms with Crippen molar-refractivity contribution >= 4 is 37.7 Å². The SMILES string of the molecule is CNc1nc(-c2ccc(C(C)C)nc2OC)c(Br)cc1Br. The summed E-state index contributed by atoms with van der Waals surface area (Å²) in [5.41, 5.74) is 2.65. The van der Waals surface area contributed by atoms with Gasteiger partial charge in [-0.05, 0) is 56.0 Å². The van der Waals surface area contributed by atoms with Gasteiger partial charge in [-0.1, -0.05) is 13.8 Å². The van der Waals surface area contributed by atoms with Gasteiger partial charge < -0.3 is 10.1 Å². The van der Waals surface area contributed by atoms with Crippen molar-refractivity contribution in [2.24, 2.45) is 0 Å². The van der Waals surface area contributed by atoms with Crippen molar-refractivity contribution in [1.82, 2.24) is 9.97 Å². The number of halogens is 2. The third-order valence-corrected chi connectivity index (χ3v) is 4.30. The zero-order valence-electron chi connectivity index (χ0n) is 12.4. The van der Waals surface area contributed by atoms with E-state index in [1.165, 1.54) is 0 Å². The molecule has 0 atom stereocenters. The smallest absolute Gasteiger partial charge is 0.222 e. The minimum atomic E-state index is 0.349. The van der Waals surface area contributed by atoms with Crippen LogP contribution in [-0.4, -0.2) is 24.1 Å². The number of pyridine rings is 2. The zero-order valence-corrected chi connectivity index (χ0v) is 15.5. The number of hydrogen-bond acceptors (Lipinski definition) is 4. The summed E-state index contributed by atoms with van der Waals surface area (Å²) in [6.45, 7) is 4.21. The maximum Gasteiger partial charge on any atom is 0.222 e. The largest absolute Gasteiger partial charge is 0.480 e. The van der Waals surface area contributed by atoms with Gasteiger partial charge in [0.2, 0.25) is 5.88 Å². The summed E-state index contributed by atoms with van der Waals surface area (Å²) in [5.74, 6) is 1.70. The molecule has 0 aromatic carbocycles. The molecule has 4 nitrogen and oxygen atoms in total. The Bertz CT molecular complexity index is 660. The molecule has 0 radical (unpaired) electrons. The molecular formula is C15H17Br2N3O. The topological polar surface area (TPSA) is 47.0 Å². The number of nitrogens with one attached hydrogen (secondary N) is 1. The number of rotatable bonds is 4. The second-order valence-electron chi connectivity index (χ2n) is 4.85. The zero-order chi connectivity index (χ0) is 15.6. The van der Waals surface area contributed by atoms with Crippen LogP contribution in [-0.2, 0) is 0 Å². The van der Waals surface area contributed by atoms with E-state index in [4.69, 9.17) is 4.74 Å². The van der Waals surface area contributed by atoms with Crippen LogP contribution in [0.4, 0.5) is 5.82 Å². The third-order valence-electron chi connectivity index (χ3n) is 3.09. The summed E-state index contributed by atoms with van der Waals surface area (Å²) < 4.78 is 7.22. The fourth-order valence-corrected chi connectivity index (χ4v) is 3.30. The summed E-state index contributed by atoms with van der Waals surface area (Å²) in [4.78, 5) is 9.19. The number of anilines is 1. The van der Waals surface area contributed by atoms with E-state index in [-0.39, 0.29) is 0 Å². The van der Waals surface area contributed by atoms with Crippen LogP contribution in [0.1, 0.15) is 25.5 Å². The quantitative estimate of drug-likeness (QED) is 0.777. The Labute approximate surface area is 141 Å². The van der Waals surface area contributed by atoms with Crippen LogP contribution in [0.15, 0.2) is 27.1 Å². The second kappa shape index (κ2) is 6.75. The van der Waals surface area contributed by atoms with Gasteiger partial charge in [0.15, 0.2) is 0 Å². The van der Waals surface area contributed by atoms with Gasteiger partial charge in [-0.15, -0.1) is 0 Å². The molecule has 0 aliphatic rings. The van der Waals surface area contributed by atoms with E-state index in [1.54, 1.807) is 7.11 Å². The van der Waals surface area contributed by atoms with Crippen LogP contribution in [0.5, 0.6) is 5.88 Å². The van der Waals surface area contributed by atoms with Crippen molar-refractivity contribution in [1.29, 1.82) is 0 Å². The number of nitrogens with zero attached hydrogens (tertiary/aromatic N) is 2. The molecule has 6 heteroatoms. The molecule has 0 bridgehead atoms. The molecule has 112 valence electrons. The van der Waals surface area contributed by atoms with Crippen molar-refractivity contribution in [3.63, 3.8) is 0 Å². The Balaban J connectivity index is 2.61. The van der Waals surface area contributed by atoms with E-state index < -0.39 is 0 Å². The van der Waals surface area contributed by atoms with Gasteiger partial charge >= 0.3 is 0 Å². The van der Waals surface area contributed by atoms with Crippen molar-refractivity contribution < 1.29 is 4.74 Å². The van der Waals surface area contributed by atoms with Gasteiger partial charge in [0, 0.05) is 17.2 Å². The molecule has 0 spiro atoms. The Morgan fingerprint density at radius 3 is 2.43 bits per heavy atom. The third kappa shape index (κ3) is 3.37. The fourth-order valence-electron chi connectivity index (χ4n) is 1.94. The first kappa shape index (κ1) is 16.2. The molecule has 0 aliphatic heterocycles. The lowest BCUT2D eigenvalue weighted by atomic mass is 10.1. The lowest BCUT2D eigenvalue weighted by Crippen LogP contribution is -2.01. The van der Waals surface area contributed by atoms with Gasteiger partial charge in [-0.3, -0.25) is 0 Å². The molecule has 2 aromatic rings. The van der Waals surface area contributed by atoms with E-state index in [0.29, 0.717) is 11.8 Å². The van der Waals surface area contributed by atoms with E-state index in [1.807, 2.05) is 25.2 Å². The molecule has 1 N–H and O–H groups in total. The summed E-state index contributed by atoms with van der Waals surface area (Å²) in [5, 5.41) is 3.06. The second-order valence-corrected chi connectivity index (χ2v) is 6.56. The Hall–Kier alpha value is -1.14.